The number of morpholine rings is 1. The van der Waals surface area contributed by atoms with Crippen molar-refractivity contribution in [2.24, 2.45) is 0 Å². The highest BCUT2D eigenvalue weighted by Gasteiger charge is 2.10. The average Bonchev–Trinajstić information content (AvgIpc) is 2.43. The van der Waals surface area contributed by atoms with E-state index in [9.17, 15) is 4.39 Å². The number of aryl methyl sites for hydroxylation is 1. The standard InChI is InChI=1S/C14H20FN3OS/c1-11-2-3-13(12(15)10-11)17-14(20)16-4-5-18-6-8-19-9-7-18/h2-3,10H,4-9H2,1H3,(H2,16,17,20). The number of thiocarbonyl (C=S) groups is 1. The fraction of sp³-hybridized carbons (Fsp3) is 0.500. The fourth-order valence-electron chi connectivity index (χ4n) is 2.04. The molecule has 4 nitrogen and oxygen atoms in total. The third kappa shape index (κ3) is 4.70. The predicted octanol–water partition coefficient (Wildman–Crippen LogP) is 1.75. The molecule has 1 aliphatic heterocycles. The lowest BCUT2D eigenvalue weighted by molar-refractivity contribution is 0.0389. The molecule has 1 aliphatic rings. The number of ether oxygens (including phenoxy) is 1. The van der Waals surface area contributed by atoms with E-state index in [1.807, 2.05) is 13.0 Å². The Labute approximate surface area is 124 Å². The molecule has 0 radical (unpaired) electrons. The maximum atomic E-state index is 13.7. The normalized spacial score (nSPS) is 15.9. The van der Waals surface area contributed by atoms with Crippen LogP contribution in [0.2, 0.25) is 0 Å². The molecule has 2 N–H and O–H groups in total. The number of rotatable bonds is 4. The minimum atomic E-state index is -0.290. The van der Waals surface area contributed by atoms with Crippen LogP contribution in [0.5, 0.6) is 0 Å². The summed E-state index contributed by atoms with van der Waals surface area (Å²) in [5, 5.41) is 6.41. The van der Waals surface area contributed by atoms with Crippen LogP contribution < -0.4 is 10.6 Å². The highest BCUT2D eigenvalue weighted by Crippen LogP contribution is 2.14. The van der Waals surface area contributed by atoms with E-state index in [1.165, 1.54) is 6.07 Å². The van der Waals surface area contributed by atoms with E-state index >= 15 is 0 Å². The second-order valence-corrected chi connectivity index (χ2v) is 5.23. The second kappa shape index (κ2) is 7.52. The molecule has 1 heterocycles. The summed E-state index contributed by atoms with van der Waals surface area (Å²) in [5.41, 5.74) is 1.29. The van der Waals surface area contributed by atoms with Crippen molar-refractivity contribution in [2.45, 2.75) is 6.92 Å². The number of halogens is 1. The average molecular weight is 297 g/mol. The molecule has 0 unspecified atom stereocenters. The monoisotopic (exact) mass is 297 g/mol. The van der Waals surface area contributed by atoms with E-state index in [-0.39, 0.29) is 5.82 Å². The van der Waals surface area contributed by atoms with Crippen molar-refractivity contribution in [2.75, 3.05) is 44.7 Å². The molecule has 6 heteroatoms. The summed E-state index contributed by atoms with van der Waals surface area (Å²) in [7, 11) is 0. The van der Waals surface area contributed by atoms with Crippen molar-refractivity contribution in [3.8, 4) is 0 Å². The molecule has 0 amide bonds. The number of hydrogen-bond acceptors (Lipinski definition) is 3. The summed E-state index contributed by atoms with van der Waals surface area (Å²) >= 11 is 5.16. The van der Waals surface area contributed by atoms with Gasteiger partial charge in [-0.3, -0.25) is 4.90 Å². The Morgan fingerprint density at radius 2 is 2.15 bits per heavy atom. The van der Waals surface area contributed by atoms with Gasteiger partial charge in [0.05, 0.1) is 18.9 Å². The molecule has 1 fully saturated rings. The van der Waals surface area contributed by atoms with Crippen LogP contribution in [0, 0.1) is 12.7 Å². The molecule has 110 valence electrons. The Morgan fingerprint density at radius 1 is 1.40 bits per heavy atom. The molecule has 0 bridgehead atoms. The summed E-state index contributed by atoms with van der Waals surface area (Å²) in [6.07, 6.45) is 0. The smallest absolute Gasteiger partial charge is 0.170 e. The topological polar surface area (TPSA) is 36.5 Å². The maximum absolute atomic E-state index is 13.7. The van der Waals surface area contributed by atoms with Crippen LogP contribution >= 0.6 is 12.2 Å². The molecule has 0 atom stereocenters. The highest BCUT2D eigenvalue weighted by molar-refractivity contribution is 7.80. The summed E-state index contributed by atoms with van der Waals surface area (Å²) in [6.45, 7) is 6.98. The van der Waals surface area contributed by atoms with Gasteiger partial charge in [-0.15, -0.1) is 0 Å². The maximum Gasteiger partial charge on any atom is 0.170 e. The van der Waals surface area contributed by atoms with Gasteiger partial charge in [0.1, 0.15) is 5.82 Å². The Hall–Kier alpha value is -1.24. The summed E-state index contributed by atoms with van der Waals surface area (Å²) in [4.78, 5) is 2.31. The van der Waals surface area contributed by atoms with Gasteiger partial charge >= 0.3 is 0 Å². The minimum absolute atomic E-state index is 0.290. The molecule has 2 rings (SSSR count). The van der Waals surface area contributed by atoms with Gasteiger partial charge in [-0.2, -0.15) is 0 Å². The quantitative estimate of drug-likeness (QED) is 0.828. The molecule has 1 aromatic rings. The molecule has 0 spiro atoms. The summed E-state index contributed by atoms with van der Waals surface area (Å²) in [5.74, 6) is -0.290. The lowest BCUT2D eigenvalue weighted by Crippen LogP contribution is -2.42. The second-order valence-electron chi connectivity index (χ2n) is 4.82. The van der Waals surface area contributed by atoms with Crippen molar-refractivity contribution in [3.05, 3.63) is 29.6 Å². The van der Waals surface area contributed by atoms with Crippen LogP contribution in [0.25, 0.3) is 0 Å². The first-order valence-corrected chi connectivity index (χ1v) is 7.17. The van der Waals surface area contributed by atoms with E-state index < -0.39 is 0 Å². The van der Waals surface area contributed by atoms with Gasteiger partial charge in [0.15, 0.2) is 5.11 Å². The van der Waals surface area contributed by atoms with E-state index in [0.717, 1.165) is 45.0 Å². The van der Waals surface area contributed by atoms with E-state index in [2.05, 4.69) is 15.5 Å². The number of benzene rings is 1. The molecule has 0 aromatic heterocycles. The number of nitrogens with one attached hydrogen (secondary N) is 2. The zero-order valence-corrected chi connectivity index (χ0v) is 12.4. The third-order valence-electron chi connectivity index (χ3n) is 3.19. The molecule has 0 aliphatic carbocycles. The third-order valence-corrected chi connectivity index (χ3v) is 3.44. The van der Waals surface area contributed by atoms with Crippen LogP contribution in [0.3, 0.4) is 0 Å². The number of nitrogens with zero attached hydrogens (tertiary/aromatic N) is 1. The molecular formula is C14H20FN3OS. The molecule has 0 saturated carbocycles. The minimum Gasteiger partial charge on any atom is -0.379 e. The van der Waals surface area contributed by atoms with Gasteiger partial charge in [0.25, 0.3) is 0 Å². The fourth-order valence-corrected chi connectivity index (χ4v) is 2.25. The summed E-state index contributed by atoms with van der Waals surface area (Å²) < 4.78 is 18.9. The first kappa shape index (κ1) is 15.2. The Balaban J connectivity index is 1.72. The van der Waals surface area contributed by atoms with Crippen molar-refractivity contribution >= 4 is 23.0 Å². The zero-order chi connectivity index (χ0) is 14.4. The SMILES string of the molecule is Cc1ccc(NC(=S)NCCN2CCOCC2)c(F)c1. The van der Waals surface area contributed by atoms with Crippen molar-refractivity contribution < 1.29 is 9.13 Å². The lowest BCUT2D eigenvalue weighted by Gasteiger charge is -2.26. The lowest BCUT2D eigenvalue weighted by atomic mass is 10.2. The van der Waals surface area contributed by atoms with E-state index in [0.29, 0.717) is 10.8 Å². The van der Waals surface area contributed by atoms with Gasteiger partial charge in [0, 0.05) is 26.2 Å². The molecule has 20 heavy (non-hydrogen) atoms. The van der Waals surface area contributed by atoms with Gasteiger partial charge < -0.3 is 15.4 Å². The van der Waals surface area contributed by atoms with Gasteiger partial charge in [-0.1, -0.05) is 6.07 Å². The largest absolute Gasteiger partial charge is 0.379 e. The van der Waals surface area contributed by atoms with Gasteiger partial charge in [0.2, 0.25) is 0 Å². The molecule has 1 aromatic carbocycles. The van der Waals surface area contributed by atoms with Crippen LogP contribution in [0.4, 0.5) is 10.1 Å². The first-order valence-electron chi connectivity index (χ1n) is 6.76. The Bertz CT molecular complexity index is 464. The van der Waals surface area contributed by atoms with Crippen molar-refractivity contribution in [1.29, 1.82) is 0 Å². The van der Waals surface area contributed by atoms with Crippen LogP contribution in [0.15, 0.2) is 18.2 Å². The molecular weight excluding hydrogens is 277 g/mol. The van der Waals surface area contributed by atoms with Gasteiger partial charge in [-0.05, 0) is 36.8 Å². The Morgan fingerprint density at radius 3 is 2.85 bits per heavy atom. The van der Waals surface area contributed by atoms with E-state index in [4.69, 9.17) is 17.0 Å². The van der Waals surface area contributed by atoms with Crippen molar-refractivity contribution in [3.63, 3.8) is 0 Å². The predicted molar refractivity (Wildman–Crippen MR) is 82.6 cm³/mol. The summed E-state index contributed by atoms with van der Waals surface area (Å²) in [6, 6.07) is 5.03. The zero-order valence-electron chi connectivity index (χ0n) is 11.6. The highest BCUT2D eigenvalue weighted by atomic mass is 32.1. The van der Waals surface area contributed by atoms with E-state index in [1.54, 1.807) is 6.07 Å². The Kier molecular flexibility index (Phi) is 5.70. The first-order chi connectivity index (χ1) is 9.65. The van der Waals surface area contributed by atoms with Crippen LogP contribution in [-0.2, 0) is 4.74 Å². The number of hydrogen-bond donors (Lipinski definition) is 2. The molecule has 1 saturated heterocycles. The van der Waals surface area contributed by atoms with Crippen molar-refractivity contribution in [1.82, 2.24) is 10.2 Å². The van der Waals surface area contributed by atoms with Crippen LogP contribution in [0.1, 0.15) is 5.56 Å². The number of anilines is 1. The van der Waals surface area contributed by atoms with Crippen LogP contribution in [-0.4, -0.2) is 49.4 Å². The van der Waals surface area contributed by atoms with Gasteiger partial charge in [-0.25, -0.2) is 4.39 Å².